The molecule has 2 amide bonds. The summed E-state index contributed by atoms with van der Waals surface area (Å²) in [4.78, 5) is 25.2. The summed E-state index contributed by atoms with van der Waals surface area (Å²) in [7, 11) is 0. The van der Waals surface area contributed by atoms with E-state index in [2.05, 4.69) is 17.3 Å². The van der Waals surface area contributed by atoms with E-state index in [0.29, 0.717) is 5.56 Å². The van der Waals surface area contributed by atoms with Crippen molar-refractivity contribution in [2.45, 2.75) is 19.8 Å². The SMILES string of the molecule is Cc1ccc(O)c(/C=N\N2C(=O)[C@@H]3[C@H](C2=O)[C@H]2C=C[C@H]3CC2)c1. The number of hydrogen-bond donors (Lipinski definition) is 1. The molecule has 0 aromatic heterocycles. The number of aromatic hydroxyl groups is 1. The zero-order valence-electron chi connectivity index (χ0n) is 12.8. The quantitative estimate of drug-likeness (QED) is 0.517. The Hall–Kier alpha value is -2.43. The molecule has 1 aromatic carbocycles. The molecule has 1 aliphatic heterocycles. The van der Waals surface area contributed by atoms with Gasteiger partial charge in [-0.05, 0) is 43.7 Å². The number of carbonyl (C=O) groups excluding carboxylic acids is 2. The van der Waals surface area contributed by atoms with Gasteiger partial charge in [-0.25, -0.2) is 0 Å². The molecule has 1 aromatic rings. The minimum atomic E-state index is -0.255. The van der Waals surface area contributed by atoms with Crippen LogP contribution in [0, 0.1) is 30.6 Å². The Morgan fingerprint density at radius 3 is 2.30 bits per heavy atom. The van der Waals surface area contributed by atoms with Gasteiger partial charge < -0.3 is 5.11 Å². The zero-order valence-corrected chi connectivity index (χ0v) is 12.8. The first-order valence-corrected chi connectivity index (χ1v) is 7.96. The van der Waals surface area contributed by atoms with Crippen LogP contribution in [-0.2, 0) is 9.59 Å². The number of phenolic OH excluding ortho intramolecular Hbond substituents is 1. The molecule has 2 bridgehead atoms. The van der Waals surface area contributed by atoms with Crippen LogP contribution in [0.4, 0.5) is 0 Å². The van der Waals surface area contributed by atoms with E-state index < -0.39 is 0 Å². The average molecular weight is 310 g/mol. The second-order valence-electron chi connectivity index (χ2n) is 6.64. The molecule has 3 aliphatic carbocycles. The van der Waals surface area contributed by atoms with Gasteiger partial charge in [-0.1, -0.05) is 23.8 Å². The molecule has 4 atom stereocenters. The molecule has 4 aliphatic rings. The number of phenols is 1. The van der Waals surface area contributed by atoms with Gasteiger partial charge in [-0.15, -0.1) is 0 Å². The molecule has 5 nitrogen and oxygen atoms in total. The van der Waals surface area contributed by atoms with Gasteiger partial charge in [-0.2, -0.15) is 10.1 Å². The lowest BCUT2D eigenvalue weighted by atomic mass is 9.63. The van der Waals surface area contributed by atoms with E-state index in [0.717, 1.165) is 23.4 Å². The minimum absolute atomic E-state index is 0.0811. The molecule has 5 rings (SSSR count). The number of nitrogens with zero attached hydrogens (tertiary/aromatic N) is 2. The Morgan fingerprint density at radius 2 is 1.74 bits per heavy atom. The molecule has 23 heavy (non-hydrogen) atoms. The van der Waals surface area contributed by atoms with Crippen molar-refractivity contribution in [2.75, 3.05) is 0 Å². The molecule has 0 spiro atoms. The average Bonchev–Trinajstić information content (AvgIpc) is 2.83. The van der Waals surface area contributed by atoms with Crippen LogP contribution in [0.3, 0.4) is 0 Å². The largest absolute Gasteiger partial charge is 0.507 e. The third-order valence-corrected chi connectivity index (χ3v) is 5.23. The first kappa shape index (κ1) is 14.2. The van der Waals surface area contributed by atoms with Crippen LogP contribution in [0.25, 0.3) is 0 Å². The fourth-order valence-electron chi connectivity index (χ4n) is 4.07. The summed E-state index contributed by atoms with van der Waals surface area (Å²) in [5.74, 6) is -0.519. The van der Waals surface area contributed by atoms with Crippen molar-refractivity contribution in [3.8, 4) is 5.75 Å². The zero-order chi connectivity index (χ0) is 16.1. The van der Waals surface area contributed by atoms with Gasteiger partial charge >= 0.3 is 0 Å². The van der Waals surface area contributed by atoms with Gasteiger partial charge in [0.15, 0.2) is 0 Å². The third-order valence-electron chi connectivity index (χ3n) is 5.23. The fourth-order valence-corrected chi connectivity index (χ4v) is 4.07. The predicted molar refractivity (Wildman–Crippen MR) is 84.6 cm³/mol. The van der Waals surface area contributed by atoms with E-state index in [4.69, 9.17) is 0 Å². The number of fused-ring (bicyclic) bond motifs is 1. The van der Waals surface area contributed by atoms with Crippen molar-refractivity contribution < 1.29 is 14.7 Å². The molecule has 1 saturated carbocycles. The van der Waals surface area contributed by atoms with Crippen LogP contribution in [0.2, 0.25) is 0 Å². The highest BCUT2D eigenvalue weighted by molar-refractivity contribution is 6.06. The van der Waals surface area contributed by atoms with Crippen molar-refractivity contribution in [3.05, 3.63) is 41.5 Å². The third kappa shape index (κ3) is 2.11. The monoisotopic (exact) mass is 310 g/mol. The number of rotatable bonds is 2. The second-order valence-corrected chi connectivity index (χ2v) is 6.64. The van der Waals surface area contributed by atoms with Crippen LogP contribution in [0.5, 0.6) is 5.75 Å². The normalized spacial score (nSPS) is 32.1. The molecule has 1 N–H and O–H groups in total. The van der Waals surface area contributed by atoms with Crippen LogP contribution in [0.15, 0.2) is 35.5 Å². The maximum atomic E-state index is 12.6. The molecular weight excluding hydrogens is 292 g/mol. The maximum absolute atomic E-state index is 12.6. The van der Waals surface area contributed by atoms with Gasteiger partial charge in [-0.3, -0.25) is 9.59 Å². The van der Waals surface area contributed by atoms with Crippen LogP contribution in [0.1, 0.15) is 24.0 Å². The summed E-state index contributed by atoms with van der Waals surface area (Å²) in [6.45, 7) is 1.90. The maximum Gasteiger partial charge on any atom is 0.254 e. The summed E-state index contributed by atoms with van der Waals surface area (Å²) in [5, 5.41) is 15.0. The first-order chi connectivity index (χ1) is 11.1. The van der Waals surface area contributed by atoms with E-state index in [-0.39, 0.29) is 41.2 Å². The second kappa shape index (κ2) is 5.05. The summed E-state index contributed by atoms with van der Waals surface area (Å²) in [5.41, 5.74) is 1.47. The number of hydrogen-bond acceptors (Lipinski definition) is 4. The highest BCUT2D eigenvalue weighted by atomic mass is 16.3. The van der Waals surface area contributed by atoms with E-state index in [1.54, 1.807) is 18.2 Å². The van der Waals surface area contributed by atoms with Gasteiger partial charge in [0.1, 0.15) is 5.75 Å². The number of aryl methyl sites for hydroxylation is 1. The lowest BCUT2D eigenvalue weighted by Gasteiger charge is -2.37. The summed E-state index contributed by atoms with van der Waals surface area (Å²) in [6, 6.07) is 5.13. The van der Waals surface area contributed by atoms with Crippen molar-refractivity contribution in [1.29, 1.82) is 0 Å². The van der Waals surface area contributed by atoms with E-state index in [1.807, 2.05) is 6.92 Å². The Bertz CT molecular complexity index is 721. The molecule has 1 saturated heterocycles. The fraction of sp³-hybridized carbons (Fsp3) is 0.389. The number of amides is 2. The van der Waals surface area contributed by atoms with Gasteiger partial charge in [0.05, 0.1) is 18.1 Å². The Kier molecular flexibility index (Phi) is 3.11. The Morgan fingerprint density at radius 1 is 1.13 bits per heavy atom. The molecule has 0 radical (unpaired) electrons. The number of allylic oxidation sites excluding steroid dienone is 2. The summed E-state index contributed by atoms with van der Waals surface area (Å²) >= 11 is 0. The molecule has 5 heteroatoms. The van der Waals surface area contributed by atoms with Crippen molar-refractivity contribution in [2.24, 2.45) is 28.8 Å². The number of benzene rings is 1. The van der Waals surface area contributed by atoms with Crippen molar-refractivity contribution in [1.82, 2.24) is 5.01 Å². The molecule has 118 valence electrons. The number of imide groups is 1. The van der Waals surface area contributed by atoms with E-state index in [1.165, 1.54) is 6.21 Å². The van der Waals surface area contributed by atoms with Gasteiger partial charge in [0.2, 0.25) is 0 Å². The smallest absolute Gasteiger partial charge is 0.254 e. The number of hydrazone groups is 1. The lowest BCUT2D eigenvalue weighted by Crippen LogP contribution is -2.38. The Labute approximate surface area is 134 Å². The molecular formula is C18H18N2O3. The van der Waals surface area contributed by atoms with Crippen molar-refractivity contribution >= 4 is 18.0 Å². The first-order valence-electron chi connectivity index (χ1n) is 7.96. The number of carbonyl (C=O) groups is 2. The molecule has 0 unspecified atom stereocenters. The van der Waals surface area contributed by atoms with E-state index >= 15 is 0 Å². The minimum Gasteiger partial charge on any atom is -0.507 e. The predicted octanol–water partition coefficient (Wildman–Crippen LogP) is 2.23. The standard InChI is InChI=1S/C18H18N2O3/c1-10-2-7-14(21)13(8-10)9-19-20-17(22)15-11-3-4-12(6-5-11)16(15)18(20)23/h2-4,7-9,11-12,15-16,21H,5-6H2,1H3/b19-9-/t11-,12-,15-,16+/m0/s1. The van der Waals surface area contributed by atoms with Crippen LogP contribution < -0.4 is 0 Å². The highest BCUT2D eigenvalue weighted by Crippen LogP contribution is 2.49. The summed E-state index contributed by atoms with van der Waals surface area (Å²) < 4.78 is 0. The topological polar surface area (TPSA) is 70.0 Å². The van der Waals surface area contributed by atoms with Gasteiger partial charge in [0, 0.05) is 5.56 Å². The van der Waals surface area contributed by atoms with Gasteiger partial charge in [0.25, 0.3) is 11.8 Å². The molecule has 2 fully saturated rings. The lowest BCUT2D eigenvalue weighted by molar-refractivity contribution is -0.140. The van der Waals surface area contributed by atoms with E-state index in [9.17, 15) is 14.7 Å². The highest BCUT2D eigenvalue weighted by Gasteiger charge is 2.56. The van der Waals surface area contributed by atoms with Crippen molar-refractivity contribution in [3.63, 3.8) is 0 Å². The van der Waals surface area contributed by atoms with Crippen LogP contribution in [-0.4, -0.2) is 28.1 Å². The summed E-state index contributed by atoms with van der Waals surface area (Å²) in [6.07, 6.45) is 7.50. The molecule has 1 heterocycles. The Balaban J connectivity index is 1.63. The van der Waals surface area contributed by atoms with Crippen LogP contribution >= 0.6 is 0 Å².